The summed E-state index contributed by atoms with van der Waals surface area (Å²) in [6.45, 7) is 6.04. The van der Waals surface area contributed by atoms with E-state index >= 15 is 0 Å². The van der Waals surface area contributed by atoms with E-state index in [9.17, 15) is 4.39 Å². The molecule has 0 N–H and O–H groups in total. The Morgan fingerprint density at radius 1 is 1.12 bits per heavy atom. The van der Waals surface area contributed by atoms with Gasteiger partial charge in [-0.2, -0.15) is 0 Å². The second-order valence-electron chi connectivity index (χ2n) is 7.08. The van der Waals surface area contributed by atoms with E-state index in [0.29, 0.717) is 17.2 Å². The van der Waals surface area contributed by atoms with Crippen molar-refractivity contribution in [2.45, 2.75) is 58.3 Å². The van der Waals surface area contributed by atoms with Gasteiger partial charge in [-0.05, 0) is 43.4 Å². The maximum Gasteiger partial charge on any atom is 0.130 e. The summed E-state index contributed by atoms with van der Waals surface area (Å²) < 4.78 is 19.7. The third-order valence-electron chi connectivity index (χ3n) is 5.11. The molecule has 0 spiro atoms. The highest BCUT2D eigenvalue weighted by Gasteiger charge is 2.20. The van der Waals surface area contributed by atoms with Crippen molar-refractivity contribution in [1.82, 2.24) is 4.98 Å². The summed E-state index contributed by atoms with van der Waals surface area (Å²) in [6, 6.07) is 7.67. The van der Waals surface area contributed by atoms with Crippen LogP contribution in [0.4, 0.5) is 4.39 Å². The van der Waals surface area contributed by atoms with Crippen LogP contribution in [0.15, 0.2) is 24.3 Å². The Morgan fingerprint density at radius 3 is 2.42 bits per heavy atom. The Labute approximate surface area is 144 Å². The molecule has 1 fully saturated rings. The molecule has 0 amide bonds. The van der Waals surface area contributed by atoms with Gasteiger partial charge in [0.25, 0.3) is 0 Å². The molecule has 0 saturated heterocycles. The molecule has 3 heteroatoms. The largest absolute Gasteiger partial charge is 0.496 e. The van der Waals surface area contributed by atoms with E-state index in [1.807, 2.05) is 26.8 Å². The van der Waals surface area contributed by atoms with Crippen molar-refractivity contribution in [2.75, 3.05) is 7.11 Å². The number of nitrogens with zero attached hydrogens (tertiary/aromatic N) is 1. The number of halogens is 1. The van der Waals surface area contributed by atoms with Crippen molar-refractivity contribution in [3.63, 3.8) is 0 Å². The lowest BCUT2D eigenvalue weighted by Gasteiger charge is -2.17. The zero-order chi connectivity index (χ0) is 17.3. The number of benzene rings is 1. The predicted octanol–water partition coefficient (Wildman–Crippen LogP) is 5.99. The van der Waals surface area contributed by atoms with E-state index in [4.69, 9.17) is 9.72 Å². The summed E-state index contributed by atoms with van der Waals surface area (Å²) in [5.74, 6) is 1.08. The van der Waals surface area contributed by atoms with Crippen molar-refractivity contribution in [1.29, 1.82) is 0 Å². The molecule has 128 valence electrons. The molecule has 1 aromatic heterocycles. The van der Waals surface area contributed by atoms with Gasteiger partial charge in [-0.15, -0.1) is 0 Å². The number of aryl methyl sites for hydroxylation is 1. The average Bonchev–Trinajstić information content (AvgIpc) is 3.09. The molecule has 1 aliphatic rings. The van der Waals surface area contributed by atoms with Crippen LogP contribution in [-0.2, 0) is 0 Å². The molecule has 2 nitrogen and oxygen atoms in total. The monoisotopic (exact) mass is 327 g/mol. The number of hydrogen-bond donors (Lipinski definition) is 0. The second kappa shape index (κ2) is 6.92. The van der Waals surface area contributed by atoms with Gasteiger partial charge in [0.2, 0.25) is 0 Å². The first kappa shape index (κ1) is 16.9. The van der Waals surface area contributed by atoms with E-state index in [-0.39, 0.29) is 11.7 Å². The molecule has 0 bridgehead atoms. The number of methoxy groups -OCH3 is 1. The summed E-state index contributed by atoms with van der Waals surface area (Å²) in [7, 11) is 1.59. The molecule has 0 unspecified atom stereocenters. The van der Waals surface area contributed by atoms with Gasteiger partial charge in [0.05, 0.1) is 7.11 Å². The zero-order valence-electron chi connectivity index (χ0n) is 15.0. The van der Waals surface area contributed by atoms with Crippen molar-refractivity contribution in [2.24, 2.45) is 0 Å². The molecular weight excluding hydrogens is 301 g/mol. The van der Waals surface area contributed by atoms with Gasteiger partial charge in [-0.1, -0.05) is 32.8 Å². The van der Waals surface area contributed by atoms with Crippen LogP contribution in [0.3, 0.4) is 0 Å². The lowest BCUT2D eigenvalue weighted by atomic mass is 9.94. The molecule has 24 heavy (non-hydrogen) atoms. The van der Waals surface area contributed by atoms with Gasteiger partial charge in [0, 0.05) is 34.5 Å². The van der Waals surface area contributed by atoms with Crippen molar-refractivity contribution in [3.05, 3.63) is 47.0 Å². The lowest BCUT2D eigenvalue weighted by Crippen LogP contribution is -2.02. The quantitative estimate of drug-likeness (QED) is 0.688. The fourth-order valence-corrected chi connectivity index (χ4v) is 3.71. The second-order valence-corrected chi connectivity index (χ2v) is 7.08. The Hall–Kier alpha value is -1.90. The average molecular weight is 327 g/mol. The maximum atomic E-state index is 14.3. The van der Waals surface area contributed by atoms with Crippen LogP contribution >= 0.6 is 0 Å². The minimum Gasteiger partial charge on any atom is -0.496 e. The first-order chi connectivity index (χ1) is 11.5. The van der Waals surface area contributed by atoms with Gasteiger partial charge in [0.1, 0.15) is 11.6 Å². The molecule has 0 aliphatic heterocycles. The Balaban J connectivity index is 2.06. The summed E-state index contributed by atoms with van der Waals surface area (Å²) in [5, 5.41) is 0. The van der Waals surface area contributed by atoms with Crippen LogP contribution < -0.4 is 4.74 Å². The normalized spacial score (nSPS) is 15.2. The molecule has 1 aliphatic carbocycles. The number of ether oxygens (including phenoxy) is 1. The van der Waals surface area contributed by atoms with Gasteiger partial charge in [-0.3, -0.25) is 4.98 Å². The first-order valence-electron chi connectivity index (χ1n) is 8.86. The van der Waals surface area contributed by atoms with E-state index in [0.717, 1.165) is 16.8 Å². The minimum atomic E-state index is -0.209. The molecule has 1 aromatic carbocycles. The van der Waals surface area contributed by atoms with E-state index in [1.54, 1.807) is 7.11 Å². The van der Waals surface area contributed by atoms with E-state index in [1.165, 1.54) is 37.4 Å². The summed E-state index contributed by atoms with van der Waals surface area (Å²) in [4.78, 5) is 4.85. The highest BCUT2D eigenvalue weighted by Crippen LogP contribution is 2.38. The zero-order valence-corrected chi connectivity index (χ0v) is 15.0. The molecule has 1 saturated carbocycles. The molecular formula is C21H26FNO. The summed E-state index contributed by atoms with van der Waals surface area (Å²) in [5.41, 5.74) is 4.84. The standard InChI is InChI=1S/C21H26FNO/c1-13(2)17-11-18(21(24-4)12-19(17)22)16-9-10-20(23-14(16)3)15-7-5-6-8-15/h9-13,15H,5-8H2,1-4H3. The fourth-order valence-electron chi connectivity index (χ4n) is 3.71. The van der Waals surface area contributed by atoms with Gasteiger partial charge >= 0.3 is 0 Å². The van der Waals surface area contributed by atoms with Gasteiger partial charge in [-0.25, -0.2) is 4.39 Å². The predicted molar refractivity (Wildman–Crippen MR) is 96.2 cm³/mol. The van der Waals surface area contributed by atoms with Crippen LogP contribution in [0.5, 0.6) is 5.75 Å². The number of hydrogen-bond acceptors (Lipinski definition) is 2. The highest BCUT2D eigenvalue weighted by molar-refractivity contribution is 5.73. The Morgan fingerprint density at radius 2 is 1.83 bits per heavy atom. The van der Waals surface area contributed by atoms with E-state index < -0.39 is 0 Å². The highest BCUT2D eigenvalue weighted by atomic mass is 19.1. The van der Waals surface area contributed by atoms with Crippen molar-refractivity contribution < 1.29 is 9.13 Å². The Bertz CT molecular complexity index is 733. The van der Waals surface area contributed by atoms with Crippen molar-refractivity contribution in [3.8, 4) is 16.9 Å². The fraction of sp³-hybridized carbons (Fsp3) is 0.476. The first-order valence-corrected chi connectivity index (χ1v) is 8.86. The minimum absolute atomic E-state index is 0.126. The smallest absolute Gasteiger partial charge is 0.130 e. The lowest BCUT2D eigenvalue weighted by molar-refractivity contribution is 0.412. The molecule has 2 aromatic rings. The number of pyridine rings is 1. The van der Waals surface area contributed by atoms with Crippen LogP contribution in [0.25, 0.3) is 11.1 Å². The molecule has 1 heterocycles. The number of rotatable bonds is 4. The third-order valence-corrected chi connectivity index (χ3v) is 5.11. The topological polar surface area (TPSA) is 22.1 Å². The molecule has 3 rings (SSSR count). The third kappa shape index (κ3) is 3.17. The van der Waals surface area contributed by atoms with Crippen LogP contribution in [0.2, 0.25) is 0 Å². The molecule has 0 atom stereocenters. The number of aromatic nitrogens is 1. The van der Waals surface area contributed by atoms with Crippen molar-refractivity contribution >= 4 is 0 Å². The maximum absolute atomic E-state index is 14.3. The van der Waals surface area contributed by atoms with Gasteiger partial charge in [0.15, 0.2) is 0 Å². The van der Waals surface area contributed by atoms with Crippen LogP contribution in [0.1, 0.15) is 68.3 Å². The Kier molecular flexibility index (Phi) is 4.88. The van der Waals surface area contributed by atoms with E-state index in [2.05, 4.69) is 12.1 Å². The molecule has 0 radical (unpaired) electrons. The summed E-state index contributed by atoms with van der Waals surface area (Å²) in [6.07, 6.45) is 5.08. The summed E-state index contributed by atoms with van der Waals surface area (Å²) >= 11 is 0. The van der Waals surface area contributed by atoms with Crippen LogP contribution in [-0.4, -0.2) is 12.1 Å². The SMILES string of the molecule is COc1cc(F)c(C(C)C)cc1-c1ccc(C2CCCC2)nc1C. The van der Waals surface area contributed by atoms with Gasteiger partial charge < -0.3 is 4.74 Å². The van der Waals surface area contributed by atoms with Crippen LogP contribution in [0, 0.1) is 12.7 Å².